The van der Waals surface area contributed by atoms with E-state index in [0.29, 0.717) is 23.2 Å². The van der Waals surface area contributed by atoms with E-state index < -0.39 is 10.8 Å². The minimum absolute atomic E-state index is 0.250. The van der Waals surface area contributed by atoms with E-state index >= 15 is 0 Å². The number of hydrogen-bond donors (Lipinski definition) is 2. The summed E-state index contributed by atoms with van der Waals surface area (Å²) < 4.78 is 11.7. The van der Waals surface area contributed by atoms with Crippen LogP contribution < -0.4 is 10.6 Å². The Bertz CT molecular complexity index is 557. The number of piperidine rings is 1. The van der Waals surface area contributed by atoms with Crippen LogP contribution in [0.5, 0.6) is 0 Å². The van der Waals surface area contributed by atoms with Crippen molar-refractivity contribution < 1.29 is 9.00 Å². The van der Waals surface area contributed by atoms with Crippen molar-refractivity contribution >= 4 is 22.5 Å². The summed E-state index contributed by atoms with van der Waals surface area (Å²) in [5, 5.41) is 5.71. The molecule has 0 aliphatic carbocycles. The van der Waals surface area contributed by atoms with Crippen LogP contribution in [0.15, 0.2) is 29.2 Å². The van der Waals surface area contributed by atoms with Gasteiger partial charge in [0.25, 0.3) is 0 Å². The van der Waals surface area contributed by atoms with Gasteiger partial charge in [-0.25, -0.2) is 4.79 Å². The highest BCUT2D eigenvalue weighted by Crippen LogP contribution is 2.19. The summed E-state index contributed by atoms with van der Waals surface area (Å²) >= 11 is 0. The number of rotatable bonds is 5. The van der Waals surface area contributed by atoms with Gasteiger partial charge in [-0.3, -0.25) is 9.11 Å². The quantitative estimate of drug-likeness (QED) is 0.868. The molecule has 5 nitrogen and oxygen atoms in total. The summed E-state index contributed by atoms with van der Waals surface area (Å²) in [6, 6.07) is 7.25. The minimum Gasteiger partial charge on any atom is -0.336 e. The SMILES string of the molecule is CC1CCN([C@@H](C)CNC(=O)Nc2ccccc2[S@@](C)=O)CC1. The predicted molar refractivity (Wildman–Crippen MR) is 95.2 cm³/mol. The molecule has 128 valence electrons. The Labute approximate surface area is 141 Å². The summed E-state index contributed by atoms with van der Waals surface area (Å²) in [5.74, 6) is 0.807. The maximum absolute atomic E-state index is 12.1. The van der Waals surface area contributed by atoms with E-state index in [0.717, 1.165) is 19.0 Å². The maximum atomic E-state index is 12.1. The highest BCUT2D eigenvalue weighted by Gasteiger charge is 2.20. The normalized spacial score (nSPS) is 19.1. The Balaban J connectivity index is 1.82. The zero-order valence-corrected chi connectivity index (χ0v) is 15.0. The second-order valence-corrected chi connectivity index (χ2v) is 7.70. The number of benzene rings is 1. The van der Waals surface area contributed by atoms with Crippen LogP contribution in [0.2, 0.25) is 0 Å². The van der Waals surface area contributed by atoms with Crippen LogP contribution in [0.1, 0.15) is 26.7 Å². The number of para-hydroxylation sites is 1. The van der Waals surface area contributed by atoms with E-state index in [1.54, 1.807) is 18.4 Å². The highest BCUT2D eigenvalue weighted by atomic mass is 32.2. The van der Waals surface area contributed by atoms with E-state index in [-0.39, 0.29) is 6.03 Å². The number of carbonyl (C=O) groups is 1. The lowest BCUT2D eigenvalue weighted by atomic mass is 9.98. The van der Waals surface area contributed by atoms with Crippen molar-refractivity contribution in [1.82, 2.24) is 10.2 Å². The Hall–Kier alpha value is -1.40. The molecule has 1 aliphatic rings. The average molecular weight is 337 g/mol. The van der Waals surface area contributed by atoms with E-state index in [1.165, 1.54) is 12.8 Å². The molecule has 6 heteroatoms. The lowest BCUT2D eigenvalue weighted by Crippen LogP contribution is -2.46. The molecule has 2 amide bonds. The first-order valence-corrected chi connectivity index (χ1v) is 9.74. The second-order valence-electron chi connectivity index (χ2n) is 6.35. The largest absolute Gasteiger partial charge is 0.336 e. The van der Waals surface area contributed by atoms with Gasteiger partial charge in [0.1, 0.15) is 0 Å². The minimum atomic E-state index is -1.13. The Morgan fingerprint density at radius 3 is 2.65 bits per heavy atom. The molecule has 1 aliphatic heterocycles. The van der Waals surface area contributed by atoms with Gasteiger partial charge in [-0.2, -0.15) is 0 Å². The van der Waals surface area contributed by atoms with Crippen molar-refractivity contribution in [2.24, 2.45) is 5.92 Å². The first kappa shape index (κ1) is 17.9. The van der Waals surface area contributed by atoms with E-state index in [1.807, 2.05) is 12.1 Å². The number of anilines is 1. The molecule has 1 saturated heterocycles. The topological polar surface area (TPSA) is 61.4 Å². The smallest absolute Gasteiger partial charge is 0.319 e. The fraction of sp³-hybridized carbons (Fsp3) is 0.588. The van der Waals surface area contributed by atoms with Crippen LogP contribution in [0.4, 0.5) is 10.5 Å². The number of carbonyl (C=O) groups excluding carboxylic acids is 1. The molecule has 0 spiro atoms. The number of likely N-dealkylation sites (tertiary alicyclic amines) is 1. The summed E-state index contributed by atoms with van der Waals surface area (Å²) in [6.45, 7) is 7.25. The van der Waals surface area contributed by atoms with Gasteiger partial charge in [-0.15, -0.1) is 0 Å². The summed E-state index contributed by atoms with van der Waals surface area (Å²) in [6.07, 6.45) is 4.07. The van der Waals surface area contributed by atoms with Gasteiger partial charge in [-0.05, 0) is 50.9 Å². The Morgan fingerprint density at radius 2 is 2.00 bits per heavy atom. The van der Waals surface area contributed by atoms with Gasteiger partial charge in [0, 0.05) is 18.8 Å². The summed E-state index contributed by atoms with van der Waals surface area (Å²) in [5.41, 5.74) is 0.602. The number of urea groups is 1. The van der Waals surface area contributed by atoms with Gasteiger partial charge in [0.05, 0.1) is 21.4 Å². The molecular formula is C17H27N3O2S. The van der Waals surface area contributed by atoms with Gasteiger partial charge in [0.2, 0.25) is 0 Å². The number of amides is 2. The van der Waals surface area contributed by atoms with Gasteiger partial charge in [-0.1, -0.05) is 19.1 Å². The Kier molecular flexibility index (Phi) is 6.59. The molecule has 0 unspecified atom stereocenters. The van der Waals surface area contributed by atoms with Crippen LogP contribution in [0, 0.1) is 5.92 Å². The second kappa shape index (κ2) is 8.45. The van der Waals surface area contributed by atoms with Crippen LogP contribution in [-0.2, 0) is 10.8 Å². The molecule has 1 fully saturated rings. The number of nitrogens with zero attached hydrogens (tertiary/aromatic N) is 1. The van der Waals surface area contributed by atoms with Crippen molar-refractivity contribution in [1.29, 1.82) is 0 Å². The molecule has 0 aromatic heterocycles. The third kappa shape index (κ3) is 5.32. The van der Waals surface area contributed by atoms with Crippen LogP contribution >= 0.6 is 0 Å². The Morgan fingerprint density at radius 1 is 1.35 bits per heavy atom. The molecular weight excluding hydrogens is 310 g/mol. The summed E-state index contributed by atoms with van der Waals surface area (Å²) in [4.78, 5) is 15.2. The predicted octanol–water partition coefficient (Wildman–Crippen LogP) is 2.67. The van der Waals surface area contributed by atoms with Crippen LogP contribution in [0.3, 0.4) is 0 Å². The highest BCUT2D eigenvalue weighted by molar-refractivity contribution is 7.84. The maximum Gasteiger partial charge on any atom is 0.319 e. The zero-order chi connectivity index (χ0) is 16.8. The summed E-state index contributed by atoms with van der Waals surface area (Å²) in [7, 11) is -1.13. The van der Waals surface area contributed by atoms with Gasteiger partial charge < -0.3 is 10.6 Å². The molecule has 0 radical (unpaired) electrons. The molecule has 2 N–H and O–H groups in total. The van der Waals surface area contributed by atoms with E-state index in [2.05, 4.69) is 29.4 Å². The fourth-order valence-electron chi connectivity index (χ4n) is 2.83. The first-order valence-electron chi connectivity index (χ1n) is 8.18. The number of nitrogens with one attached hydrogen (secondary N) is 2. The van der Waals surface area contributed by atoms with Crippen LogP contribution in [0.25, 0.3) is 0 Å². The third-order valence-corrected chi connectivity index (χ3v) is 5.42. The molecule has 2 atom stereocenters. The molecule has 23 heavy (non-hydrogen) atoms. The molecule has 0 saturated carbocycles. The van der Waals surface area contributed by atoms with Gasteiger partial charge >= 0.3 is 6.03 Å². The molecule has 1 aromatic rings. The molecule has 2 rings (SSSR count). The van der Waals surface area contributed by atoms with Crippen LogP contribution in [-0.4, -0.2) is 47.1 Å². The van der Waals surface area contributed by atoms with Crippen molar-refractivity contribution in [2.75, 3.05) is 31.2 Å². The fourth-order valence-corrected chi connectivity index (χ4v) is 3.52. The lowest BCUT2D eigenvalue weighted by molar-refractivity contribution is 0.146. The molecule has 1 aromatic carbocycles. The molecule has 1 heterocycles. The first-order chi connectivity index (χ1) is 11.0. The average Bonchev–Trinajstić information content (AvgIpc) is 2.53. The van der Waals surface area contributed by atoms with E-state index in [4.69, 9.17) is 0 Å². The van der Waals surface area contributed by atoms with Crippen molar-refractivity contribution in [3.63, 3.8) is 0 Å². The number of hydrogen-bond acceptors (Lipinski definition) is 3. The monoisotopic (exact) mass is 337 g/mol. The van der Waals surface area contributed by atoms with Crippen molar-refractivity contribution in [3.8, 4) is 0 Å². The van der Waals surface area contributed by atoms with E-state index in [9.17, 15) is 9.00 Å². The van der Waals surface area contributed by atoms with Gasteiger partial charge in [0.15, 0.2) is 0 Å². The third-order valence-electron chi connectivity index (χ3n) is 4.44. The van der Waals surface area contributed by atoms with Crippen molar-refractivity contribution in [3.05, 3.63) is 24.3 Å². The zero-order valence-electron chi connectivity index (χ0n) is 14.2. The van der Waals surface area contributed by atoms with Crippen molar-refractivity contribution in [2.45, 2.75) is 37.6 Å². The standard InChI is InChI=1S/C17H27N3O2S/c1-13-8-10-20(11-9-13)14(2)12-18-17(21)19-15-6-4-5-7-16(15)23(3)22/h4-7,13-14H,8-12H2,1-3H3,(H2,18,19,21)/t14-,23+/m0/s1. The molecule has 0 bridgehead atoms. The lowest BCUT2D eigenvalue weighted by Gasteiger charge is -2.35.